The molecule has 0 atom stereocenters. The largest absolute Gasteiger partial charge is 0.342 e. The molecule has 1 fully saturated rings. The maximum absolute atomic E-state index is 12.5. The van der Waals surface area contributed by atoms with Gasteiger partial charge in [-0.15, -0.1) is 11.3 Å². The van der Waals surface area contributed by atoms with Crippen molar-refractivity contribution in [1.29, 1.82) is 0 Å². The molecular formula is C20H22N4OS. The average Bonchev–Trinajstić information content (AvgIpc) is 3.35. The Labute approximate surface area is 157 Å². The second-order valence-corrected chi connectivity index (χ2v) is 7.43. The van der Waals surface area contributed by atoms with E-state index in [-0.39, 0.29) is 5.91 Å². The lowest BCUT2D eigenvalue weighted by atomic mass is 9.95. The molecule has 134 valence electrons. The molecule has 1 aliphatic heterocycles. The Balaban J connectivity index is 1.35. The molecule has 0 bridgehead atoms. The molecule has 1 aromatic carbocycles. The SMILES string of the molecule is O=C(Cc1ccccc1)N1CCC(c2nccn2Cc2cscn2)CC1. The van der Waals surface area contributed by atoms with Crippen LogP contribution in [0.5, 0.6) is 0 Å². The van der Waals surface area contributed by atoms with E-state index in [9.17, 15) is 4.79 Å². The van der Waals surface area contributed by atoms with Gasteiger partial charge in [0.05, 0.1) is 24.2 Å². The molecule has 3 aromatic rings. The van der Waals surface area contributed by atoms with Gasteiger partial charge >= 0.3 is 0 Å². The summed E-state index contributed by atoms with van der Waals surface area (Å²) in [5.41, 5.74) is 4.02. The lowest BCUT2D eigenvalue weighted by Gasteiger charge is -2.32. The van der Waals surface area contributed by atoms with Gasteiger partial charge in [-0.2, -0.15) is 0 Å². The Bertz CT molecular complexity index is 836. The van der Waals surface area contributed by atoms with E-state index in [4.69, 9.17) is 0 Å². The van der Waals surface area contributed by atoms with E-state index < -0.39 is 0 Å². The Morgan fingerprint density at radius 3 is 2.69 bits per heavy atom. The smallest absolute Gasteiger partial charge is 0.226 e. The number of aromatic nitrogens is 3. The summed E-state index contributed by atoms with van der Waals surface area (Å²) in [7, 11) is 0. The summed E-state index contributed by atoms with van der Waals surface area (Å²) in [6.45, 7) is 2.38. The molecule has 0 saturated carbocycles. The van der Waals surface area contributed by atoms with Crippen LogP contribution < -0.4 is 0 Å². The molecule has 3 heterocycles. The summed E-state index contributed by atoms with van der Waals surface area (Å²) in [6, 6.07) is 9.97. The van der Waals surface area contributed by atoms with Crippen LogP contribution in [0.25, 0.3) is 0 Å². The fourth-order valence-corrected chi connectivity index (χ4v) is 4.12. The van der Waals surface area contributed by atoms with Gasteiger partial charge in [0.15, 0.2) is 0 Å². The molecule has 2 aromatic heterocycles. The second kappa shape index (κ2) is 7.83. The van der Waals surface area contributed by atoms with E-state index in [1.54, 1.807) is 11.3 Å². The number of carbonyl (C=O) groups excluding carboxylic acids is 1. The fourth-order valence-electron chi connectivity index (χ4n) is 3.57. The van der Waals surface area contributed by atoms with Crippen LogP contribution in [-0.4, -0.2) is 38.4 Å². The van der Waals surface area contributed by atoms with Crippen LogP contribution in [0.2, 0.25) is 0 Å². The normalized spacial score (nSPS) is 15.3. The summed E-state index contributed by atoms with van der Waals surface area (Å²) in [4.78, 5) is 23.5. The highest BCUT2D eigenvalue weighted by Crippen LogP contribution is 2.27. The number of likely N-dealkylation sites (tertiary alicyclic amines) is 1. The van der Waals surface area contributed by atoms with Gasteiger partial charge in [0.25, 0.3) is 0 Å². The molecule has 5 nitrogen and oxygen atoms in total. The quantitative estimate of drug-likeness (QED) is 0.696. The zero-order chi connectivity index (χ0) is 17.8. The lowest BCUT2D eigenvalue weighted by Crippen LogP contribution is -2.39. The number of piperidine rings is 1. The summed E-state index contributed by atoms with van der Waals surface area (Å²) in [6.07, 6.45) is 6.32. The number of amides is 1. The molecule has 6 heteroatoms. The molecule has 0 N–H and O–H groups in total. The molecule has 0 aliphatic carbocycles. The third-order valence-electron chi connectivity index (χ3n) is 4.97. The number of rotatable bonds is 5. The second-order valence-electron chi connectivity index (χ2n) is 6.71. The van der Waals surface area contributed by atoms with Crippen LogP contribution in [0.1, 0.15) is 35.8 Å². The molecule has 1 aliphatic rings. The average molecular weight is 366 g/mol. The van der Waals surface area contributed by atoms with Gasteiger partial charge in [0.1, 0.15) is 5.82 Å². The van der Waals surface area contributed by atoms with Crippen molar-refractivity contribution in [3.05, 3.63) is 70.7 Å². The van der Waals surface area contributed by atoms with Crippen LogP contribution in [0.4, 0.5) is 0 Å². The van der Waals surface area contributed by atoms with E-state index in [1.165, 1.54) is 0 Å². The minimum absolute atomic E-state index is 0.223. The van der Waals surface area contributed by atoms with Gasteiger partial charge < -0.3 is 9.47 Å². The number of carbonyl (C=O) groups is 1. The molecular weight excluding hydrogens is 344 g/mol. The highest BCUT2D eigenvalue weighted by Gasteiger charge is 2.26. The Kier molecular flexibility index (Phi) is 5.11. The minimum Gasteiger partial charge on any atom is -0.342 e. The molecule has 0 spiro atoms. The number of nitrogens with zero attached hydrogens (tertiary/aromatic N) is 4. The molecule has 4 rings (SSSR count). The van der Waals surface area contributed by atoms with E-state index in [0.29, 0.717) is 12.3 Å². The molecule has 1 amide bonds. The zero-order valence-electron chi connectivity index (χ0n) is 14.6. The highest BCUT2D eigenvalue weighted by atomic mass is 32.1. The van der Waals surface area contributed by atoms with Crippen molar-refractivity contribution < 1.29 is 4.79 Å². The topological polar surface area (TPSA) is 51.0 Å². The Morgan fingerprint density at radius 1 is 1.15 bits per heavy atom. The third kappa shape index (κ3) is 3.85. The first kappa shape index (κ1) is 17.0. The number of thiazole rings is 1. The van der Waals surface area contributed by atoms with E-state index in [0.717, 1.165) is 49.6 Å². The molecule has 0 unspecified atom stereocenters. The first-order valence-electron chi connectivity index (χ1n) is 8.99. The van der Waals surface area contributed by atoms with Gasteiger partial charge in [-0.25, -0.2) is 9.97 Å². The zero-order valence-corrected chi connectivity index (χ0v) is 15.4. The van der Waals surface area contributed by atoms with Gasteiger partial charge in [0.2, 0.25) is 5.91 Å². The fraction of sp³-hybridized carbons (Fsp3) is 0.350. The van der Waals surface area contributed by atoms with Gasteiger partial charge in [-0.05, 0) is 18.4 Å². The summed E-state index contributed by atoms with van der Waals surface area (Å²) in [5.74, 6) is 1.75. The lowest BCUT2D eigenvalue weighted by molar-refractivity contribution is -0.131. The molecule has 0 radical (unpaired) electrons. The minimum atomic E-state index is 0.223. The van der Waals surface area contributed by atoms with Crippen molar-refractivity contribution in [3.8, 4) is 0 Å². The number of hydrogen-bond donors (Lipinski definition) is 0. The third-order valence-corrected chi connectivity index (χ3v) is 5.61. The van der Waals surface area contributed by atoms with Crippen LogP contribution >= 0.6 is 11.3 Å². The monoisotopic (exact) mass is 366 g/mol. The standard InChI is InChI=1S/C20H22N4OS/c25-19(12-16-4-2-1-3-5-16)23-9-6-17(7-10-23)20-21-8-11-24(20)13-18-14-26-15-22-18/h1-5,8,11,14-15,17H,6-7,9-10,12-13H2. The predicted molar refractivity (Wildman–Crippen MR) is 102 cm³/mol. The van der Waals surface area contributed by atoms with E-state index in [1.807, 2.05) is 53.1 Å². The van der Waals surface area contributed by atoms with Crippen LogP contribution in [0.3, 0.4) is 0 Å². The summed E-state index contributed by atoms with van der Waals surface area (Å²) < 4.78 is 2.20. The Hall–Kier alpha value is -2.47. The Morgan fingerprint density at radius 2 is 1.96 bits per heavy atom. The van der Waals surface area contributed by atoms with Crippen molar-refractivity contribution >= 4 is 17.2 Å². The van der Waals surface area contributed by atoms with Gasteiger partial charge in [0, 0.05) is 36.8 Å². The van der Waals surface area contributed by atoms with Gasteiger partial charge in [-0.1, -0.05) is 30.3 Å². The van der Waals surface area contributed by atoms with Crippen molar-refractivity contribution in [2.75, 3.05) is 13.1 Å². The van der Waals surface area contributed by atoms with E-state index in [2.05, 4.69) is 19.9 Å². The summed E-state index contributed by atoms with van der Waals surface area (Å²) >= 11 is 1.62. The van der Waals surface area contributed by atoms with Gasteiger partial charge in [-0.3, -0.25) is 4.79 Å². The van der Waals surface area contributed by atoms with Crippen molar-refractivity contribution in [3.63, 3.8) is 0 Å². The maximum Gasteiger partial charge on any atom is 0.226 e. The number of benzene rings is 1. The molecule has 1 saturated heterocycles. The maximum atomic E-state index is 12.5. The summed E-state index contributed by atoms with van der Waals surface area (Å²) in [5, 5.41) is 2.08. The van der Waals surface area contributed by atoms with Crippen molar-refractivity contribution in [2.24, 2.45) is 0 Å². The first-order chi connectivity index (χ1) is 12.8. The number of hydrogen-bond acceptors (Lipinski definition) is 4. The number of imidazole rings is 1. The predicted octanol–water partition coefficient (Wildman–Crippen LogP) is 3.34. The van der Waals surface area contributed by atoms with Crippen LogP contribution in [0, 0.1) is 0 Å². The highest BCUT2D eigenvalue weighted by molar-refractivity contribution is 7.07. The van der Waals surface area contributed by atoms with Crippen molar-refractivity contribution in [1.82, 2.24) is 19.4 Å². The van der Waals surface area contributed by atoms with Crippen LogP contribution in [0.15, 0.2) is 53.6 Å². The van der Waals surface area contributed by atoms with E-state index >= 15 is 0 Å². The van der Waals surface area contributed by atoms with Crippen molar-refractivity contribution in [2.45, 2.75) is 31.7 Å². The van der Waals surface area contributed by atoms with Crippen LogP contribution in [-0.2, 0) is 17.8 Å². The molecule has 26 heavy (non-hydrogen) atoms. The first-order valence-corrected chi connectivity index (χ1v) is 9.93.